The molecule has 3 aromatic carbocycles. The highest BCUT2D eigenvalue weighted by molar-refractivity contribution is 6.28. The van der Waals surface area contributed by atoms with Gasteiger partial charge in [-0.1, -0.05) is 29.4 Å². The van der Waals surface area contributed by atoms with Gasteiger partial charge in [0.25, 0.3) is 0 Å². The number of hydrogen-bond acceptors (Lipinski definition) is 6. The number of nitrogens with zero attached hydrogens (tertiary/aromatic N) is 2. The average Bonchev–Trinajstić information content (AvgIpc) is 3.30. The van der Waals surface area contributed by atoms with Gasteiger partial charge in [-0.05, 0) is 37.3 Å². The summed E-state index contributed by atoms with van der Waals surface area (Å²) < 4.78 is 11.5. The molecule has 7 heteroatoms. The van der Waals surface area contributed by atoms with Crippen LogP contribution in [0.5, 0.6) is 5.75 Å². The Morgan fingerprint density at radius 2 is 1.82 bits per heavy atom. The van der Waals surface area contributed by atoms with Crippen LogP contribution in [-0.4, -0.2) is 50.8 Å². The molecule has 1 aromatic heterocycles. The number of rotatable bonds is 5. The summed E-state index contributed by atoms with van der Waals surface area (Å²) >= 11 is 0. The number of ketones is 1. The summed E-state index contributed by atoms with van der Waals surface area (Å²) in [6.07, 6.45) is 0. The molecule has 6 rings (SSSR count). The second-order valence-corrected chi connectivity index (χ2v) is 8.95. The van der Waals surface area contributed by atoms with Gasteiger partial charge >= 0.3 is 0 Å². The summed E-state index contributed by atoms with van der Waals surface area (Å²) in [5.74, 6) is 1.47. The first-order valence-corrected chi connectivity index (χ1v) is 11.8. The number of benzene rings is 3. The van der Waals surface area contributed by atoms with Crippen molar-refractivity contribution in [1.29, 1.82) is 0 Å². The van der Waals surface area contributed by atoms with E-state index in [4.69, 9.17) is 9.26 Å². The van der Waals surface area contributed by atoms with Crippen molar-refractivity contribution < 1.29 is 19.0 Å². The molecule has 2 N–H and O–H groups in total. The van der Waals surface area contributed by atoms with Gasteiger partial charge in [0.1, 0.15) is 11.3 Å². The maximum atomic E-state index is 13.7. The highest BCUT2D eigenvalue weighted by Crippen LogP contribution is 2.46. The number of nitrogens with one attached hydrogen (secondary N) is 2. The zero-order valence-electron chi connectivity index (χ0n) is 19.4. The molecule has 0 radical (unpaired) electrons. The smallest absolute Gasteiger partial charge is 0.196 e. The molecule has 34 heavy (non-hydrogen) atoms. The van der Waals surface area contributed by atoms with Gasteiger partial charge in [0.15, 0.2) is 11.5 Å². The Kier molecular flexibility index (Phi) is 4.99. The largest absolute Gasteiger partial charge is 0.494 e. The fourth-order valence-corrected chi connectivity index (χ4v) is 4.97. The summed E-state index contributed by atoms with van der Waals surface area (Å²) in [6, 6.07) is 17.5. The standard InChI is InChI=1S/C27H26N4O3/c1-3-33-18-10-8-17(9-11-18)28-21-16-22(31-14-12-30(2)13-15-31)25-24-23(21)26(32)19-6-4-5-7-20(19)27(24)34-29-25/h4-11,16,28H,3,12-15H2,1-2H3/p+1. The van der Waals surface area contributed by atoms with Gasteiger partial charge < -0.3 is 24.4 Å². The molecule has 7 nitrogen and oxygen atoms in total. The van der Waals surface area contributed by atoms with Gasteiger partial charge in [0.05, 0.1) is 62.2 Å². The van der Waals surface area contributed by atoms with Crippen molar-refractivity contribution in [2.75, 3.05) is 50.1 Å². The molecule has 0 unspecified atom stereocenters. The summed E-state index contributed by atoms with van der Waals surface area (Å²) in [4.78, 5) is 17.6. The van der Waals surface area contributed by atoms with Crippen molar-refractivity contribution >= 4 is 33.7 Å². The summed E-state index contributed by atoms with van der Waals surface area (Å²) in [5, 5.41) is 8.78. The lowest BCUT2D eigenvalue weighted by Gasteiger charge is -2.32. The number of quaternary nitrogens is 1. The number of hydrogen-bond donors (Lipinski definition) is 2. The average molecular weight is 456 g/mol. The minimum atomic E-state index is -0.0147. The van der Waals surface area contributed by atoms with Gasteiger partial charge in [0.2, 0.25) is 0 Å². The highest BCUT2D eigenvalue weighted by Gasteiger charge is 2.34. The maximum absolute atomic E-state index is 13.7. The quantitative estimate of drug-likeness (QED) is 0.423. The van der Waals surface area contributed by atoms with Crippen LogP contribution < -0.4 is 19.9 Å². The van der Waals surface area contributed by atoms with E-state index in [0.29, 0.717) is 23.5 Å². The van der Waals surface area contributed by atoms with E-state index in [1.54, 1.807) is 0 Å². The lowest BCUT2D eigenvalue weighted by atomic mass is 9.86. The number of piperazine rings is 1. The van der Waals surface area contributed by atoms with E-state index in [-0.39, 0.29) is 5.78 Å². The van der Waals surface area contributed by atoms with Crippen molar-refractivity contribution in [3.63, 3.8) is 0 Å². The third-order valence-corrected chi connectivity index (χ3v) is 6.78. The van der Waals surface area contributed by atoms with Crippen LogP contribution in [0.3, 0.4) is 0 Å². The first-order valence-electron chi connectivity index (χ1n) is 11.8. The third-order valence-electron chi connectivity index (χ3n) is 6.78. The zero-order chi connectivity index (χ0) is 23.2. The second kappa shape index (κ2) is 8.18. The van der Waals surface area contributed by atoms with Crippen LogP contribution in [0.4, 0.5) is 17.1 Å². The van der Waals surface area contributed by atoms with Crippen LogP contribution in [-0.2, 0) is 0 Å². The molecule has 172 valence electrons. The van der Waals surface area contributed by atoms with E-state index in [1.165, 1.54) is 4.90 Å². The molecule has 2 aliphatic rings. The monoisotopic (exact) mass is 455 g/mol. The lowest BCUT2D eigenvalue weighted by Crippen LogP contribution is -3.12. The molecule has 0 atom stereocenters. The molecule has 2 heterocycles. The number of aromatic nitrogens is 1. The van der Waals surface area contributed by atoms with Gasteiger partial charge in [-0.3, -0.25) is 4.79 Å². The summed E-state index contributed by atoms with van der Waals surface area (Å²) in [7, 11) is 2.22. The molecular formula is C27H27N4O3+. The number of ether oxygens (including phenoxy) is 1. The topological polar surface area (TPSA) is 72.0 Å². The Balaban J connectivity index is 1.52. The molecule has 0 bridgehead atoms. The Morgan fingerprint density at radius 3 is 2.56 bits per heavy atom. The zero-order valence-corrected chi connectivity index (χ0v) is 19.4. The van der Waals surface area contributed by atoms with Gasteiger partial charge in [-0.25, -0.2) is 0 Å². The van der Waals surface area contributed by atoms with Gasteiger partial charge in [-0.15, -0.1) is 0 Å². The Bertz CT molecular complexity index is 1390. The Labute approximate surface area is 197 Å². The molecule has 1 fully saturated rings. The molecule has 0 saturated carbocycles. The maximum Gasteiger partial charge on any atom is 0.196 e. The van der Waals surface area contributed by atoms with Crippen LogP contribution in [0.2, 0.25) is 0 Å². The second-order valence-electron chi connectivity index (χ2n) is 8.95. The lowest BCUT2D eigenvalue weighted by molar-refractivity contribution is -0.880. The number of fused-ring (bicyclic) bond motifs is 2. The fourth-order valence-electron chi connectivity index (χ4n) is 4.97. The first kappa shape index (κ1) is 20.7. The van der Waals surface area contributed by atoms with E-state index < -0.39 is 0 Å². The van der Waals surface area contributed by atoms with Crippen molar-refractivity contribution in [2.24, 2.45) is 0 Å². The minimum Gasteiger partial charge on any atom is -0.494 e. The first-order chi connectivity index (χ1) is 16.6. The molecule has 4 aromatic rings. The van der Waals surface area contributed by atoms with Crippen LogP contribution in [0, 0.1) is 0 Å². The third kappa shape index (κ3) is 3.31. The SMILES string of the molecule is CCOc1ccc(Nc2cc(N3CC[NH+](C)CC3)c3noc4c3c2C(=O)c2ccccc2-4)cc1. The predicted molar refractivity (Wildman–Crippen MR) is 133 cm³/mol. The molecule has 0 spiro atoms. The Morgan fingerprint density at radius 1 is 1.09 bits per heavy atom. The summed E-state index contributed by atoms with van der Waals surface area (Å²) in [5.41, 5.74) is 5.46. The van der Waals surface area contributed by atoms with Crippen molar-refractivity contribution in [3.8, 4) is 17.1 Å². The number of carbonyl (C=O) groups is 1. The van der Waals surface area contributed by atoms with Crippen LogP contribution in [0.15, 0.2) is 59.1 Å². The van der Waals surface area contributed by atoms with E-state index in [0.717, 1.165) is 65.5 Å². The number of anilines is 3. The normalized spacial score (nSPS) is 15.5. The van der Waals surface area contributed by atoms with E-state index >= 15 is 0 Å². The fraction of sp³-hybridized carbons (Fsp3) is 0.259. The minimum absolute atomic E-state index is 0.0147. The van der Waals surface area contributed by atoms with Gasteiger partial charge in [0, 0.05) is 16.8 Å². The number of carbonyl (C=O) groups excluding carboxylic acids is 1. The van der Waals surface area contributed by atoms with Crippen molar-refractivity contribution in [2.45, 2.75) is 6.92 Å². The molecular weight excluding hydrogens is 428 g/mol. The summed E-state index contributed by atoms with van der Waals surface area (Å²) in [6.45, 7) is 6.54. The Hall–Kier alpha value is -3.84. The number of likely N-dealkylation sites (N-methyl/N-ethyl adjacent to an activating group) is 1. The van der Waals surface area contributed by atoms with Crippen molar-refractivity contribution in [3.05, 3.63) is 65.7 Å². The highest BCUT2D eigenvalue weighted by atomic mass is 16.5. The predicted octanol–water partition coefficient (Wildman–Crippen LogP) is 3.52. The molecule has 1 aliphatic carbocycles. The van der Waals surface area contributed by atoms with Crippen LogP contribution >= 0.6 is 0 Å². The van der Waals surface area contributed by atoms with Crippen molar-refractivity contribution in [1.82, 2.24) is 5.16 Å². The van der Waals surface area contributed by atoms with Crippen LogP contribution in [0.25, 0.3) is 22.2 Å². The van der Waals surface area contributed by atoms with E-state index in [9.17, 15) is 4.79 Å². The van der Waals surface area contributed by atoms with E-state index in [2.05, 4.69) is 28.5 Å². The van der Waals surface area contributed by atoms with Gasteiger partial charge in [-0.2, -0.15) is 0 Å². The van der Waals surface area contributed by atoms with E-state index in [1.807, 2.05) is 55.5 Å². The van der Waals surface area contributed by atoms with Crippen LogP contribution in [0.1, 0.15) is 22.8 Å². The molecule has 1 saturated heterocycles. The molecule has 0 amide bonds. The molecule has 1 aliphatic heterocycles.